The first-order chi connectivity index (χ1) is 9.52. The molecular formula is C14H16ClN3O2. The van der Waals surface area contributed by atoms with Crippen LogP contribution in [0, 0.1) is 6.92 Å². The third-order valence-electron chi connectivity index (χ3n) is 2.97. The number of nitrogens with one attached hydrogen (secondary N) is 1. The number of ether oxygens (including phenoxy) is 1. The lowest BCUT2D eigenvalue weighted by atomic mass is 10.1. The van der Waals surface area contributed by atoms with Gasteiger partial charge in [0.05, 0.1) is 23.5 Å². The van der Waals surface area contributed by atoms with Gasteiger partial charge in [0.2, 0.25) is 0 Å². The predicted octanol–water partition coefficient (Wildman–Crippen LogP) is 2.71. The standard InChI is InChI=1S/C14H16ClN3O2/c1-9-10(8-18(2)17-9)13(14(19)20-3)16-12-7-5-4-6-11(12)15/h4-8,13,16H,1-3H3. The van der Waals surface area contributed by atoms with Crippen LogP contribution in [-0.4, -0.2) is 22.9 Å². The van der Waals surface area contributed by atoms with Gasteiger partial charge < -0.3 is 10.1 Å². The van der Waals surface area contributed by atoms with Crippen LogP contribution in [-0.2, 0) is 16.6 Å². The molecule has 0 saturated carbocycles. The summed E-state index contributed by atoms with van der Waals surface area (Å²) in [5.41, 5.74) is 2.20. The SMILES string of the molecule is COC(=O)C(Nc1ccccc1Cl)c1cn(C)nc1C. The number of esters is 1. The molecule has 2 aromatic rings. The zero-order valence-electron chi connectivity index (χ0n) is 11.6. The first-order valence-electron chi connectivity index (χ1n) is 6.12. The molecule has 0 fully saturated rings. The summed E-state index contributed by atoms with van der Waals surface area (Å²) in [7, 11) is 3.16. The van der Waals surface area contributed by atoms with Crippen molar-refractivity contribution >= 4 is 23.3 Å². The van der Waals surface area contributed by atoms with E-state index in [1.165, 1.54) is 7.11 Å². The topological polar surface area (TPSA) is 56.1 Å². The number of nitrogens with zero attached hydrogens (tertiary/aromatic N) is 2. The Morgan fingerprint density at radius 2 is 2.15 bits per heavy atom. The van der Waals surface area contributed by atoms with Crippen LogP contribution in [0.5, 0.6) is 0 Å². The second-order valence-corrected chi connectivity index (χ2v) is 4.83. The minimum Gasteiger partial charge on any atom is -0.467 e. The Bertz CT molecular complexity index is 625. The highest BCUT2D eigenvalue weighted by molar-refractivity contribution is 6.33. The summed E-state index contributed by atoms with van der Waals surface area (Å²) < 4.78 is 6.52. The first-order valence-corrected chi connectivity index (χ1v) is 6.49. The van der Waals surface area contributed by atoms with Gasteiger partial charge in [0.1, 0.15) is 0 Å². The molecule has 0 aliphatic rings. The van der Waals surface area contributed by atoms with Gasteiger partial charge in [0, 0.05) is 18.8 Å². The number of aryl methyl sites for hydroxylation is 2. The summed E-state index contributed by atoms with van der Waals surface area (Å²) in [6.45, 7) is 1.85. The van der Waals surface area contributed by atoms with Crippen molar-refractivity contribution in [3.05, 3.63) is 46.7 Å². The zero-order valence-corrected chi connectivity index (χ0v) is 12.3. The van der Waals surface area contributed by atoms with Crippen LogP contribution in [0.4, 0.5) is 5.69 Å². The highest BCUT2D eigenvalue weighted by Gasteiger charge is 2.25. The third kappa shape index (κ3) is 2.93. The summed E-state index contributed by atoms with van der Waals surface area (Å²) in [5, 5.41) is 7.90. The lowest BCUT2D eigenvalue weighted by Gasteiger charge is -2.18. The molecule has 6 heteroatoms. The molecule has 106 valence electrons. The molecule has 0 amide bonds. The summed E-state index contributed by atoms with van der Waals surface area (Å²) in [6.07, 6.45) is 1.79. The van der Waals surface area contributed by atoms with Crippen LogP contribution in [0.1, 0.15) is 17.3 Å². The van der Waals surface area contributed by atoms with Gasteiger partial charge in [-0.25, -0.2) is 4.79 Å². The van der Waals surface area contributed by atoms with E-state index in [-0.39, 0.29) is 5.97 Å². The average molecular weight is 294 g/mol. The summed E-state index contributed by atoms with van der Waals surface area (Å²) >= 11 is 6.11. The second kappa shape index (κ2) is 5.96. The van der Waals surface area contributed by atoms with Crippen molar-refractivity contribution < 1.29 is 9.53 Å². The number of halogens is 1. The molecule has 1 atom stereocenters. The van der Waals surface area contributed by atoms with E-state index in [1.54, 1.807) is 24.0 Å². The van der Waals surface area contributed by atoms with Gasteiger partial charge in [0.15, 0.2) is 6.04 Å². The number of methoxy groups -OCH3 is 1. The van der Waals surface area contributed by atoms with Crippen molar-refractivity contribution in [3.8, 4) is 0 Å². The van der Waals surface area contributed by atoms with Gasteiger partial charge in [-0.3, -0.25) is 4.68 Å². The number of aromatic nitrogens is 2. The Morgan fingerprint density at radius 1 is 1.45 bits per heavy atom. The number of hydrogen-bond donors (Lipinski definition) is 1. The van der Waals surface area contributed by atoms with Crippen molar-refractivity contribution in [2.45, 2.75) is 13.0 Å². The van der Waals surface area contributed by atoms with E-state index in [2.05, 4.69) is 10.4 Å². The molecule has 1 heterocycles. The number of benzene rings is 1. The van der Waals surface area contributed by atoms with Crippen molar-refractivity contribution in [1.82, 2.24) is 9.78 Å². The Balaban J connectivity index is 2.37. The predicted molar refractivity (Wildman–Crippen MR) is 77.8 cm³/mol. The monoisotopic (exact) mass is 293 g/mol. The summed E-state index contributed by atoms with van der Waals surface area (Å²) in [6, 6.07) is 6.60. The van der Waals surface area contributed by atoms with E-state index in [9.17, 15) is 4.79 Å². The fourth-order valence-corrected chi connectivity index (χ4v) is 2.21. The molecule has 1 aromatic carbocycles. The van der Waals surface area contributed by atoms with Crippen molar-refractivity contribution in [1.29, 1.82) is 0 Å². The van der Waals surface area contributed by atoms with Gasteiger partial charge in [0.25, 0.3) is 0 Å². The molecule has 20 heavy (non-hydrogen) atoms. The number of carbonyl (C=O) groups is 1. The number of hydrogen-bond acceptors (Lipinski definition) is 4. The highest BCUT2D eigenvalue weighted by Crippen LogP contribution is 2.27. The molecule has 5 nitrogen and oxygen atoms in total. The Morgan fingerprint density at radius 3 is 2.70 bits per heavy atom. The molecule has 2 rings (SSSR count). The van der Waals surface area contributed by atoms with Crippen LogP contribution in [0.25, 0.3) is 0 Å². The lowest BCUT2D eigenvalue weighted by Crippen LogP contribution is -2.22. The Hall–Kier alpha value is -2.01. The molecule has 0 saturated heterocycles. The van der Waals surface area contributed by atoms with Crippen molar-refractivity contribution in [2.75, 3.05) is 12.4 Å². The van der Waals surface area contributed by atoms with Crippen molar-refractivity contribution in [3.63, 3.8) is 0 Å². The van der Waals surface area contributed by atoms with Gasteiger partial charge >= 0.3 is 5.97 Å². The first kappa shape index (κ1) is 14.4. The van der Waals surface area contributed by atoms with E-state index in [0.29, 0.717) is 10.7 Å². The van der Waals surface area contributed by atoms with E-state index in [0.717, 1.165) is 11.3 Å². The maximum absolute atomic E-state index is 12.0. The fourth-order valence-electron chi connectivity index (χ4n) is 2.02. The molecule has 0 aliphatic heterocycles. The number of anilines is 1. The number of carbonyl (C=O) groups excluding carboxylic acids is 1. The summed E-state index contributed by atoms with van der Waals surface area (Å²) in [5.74, 6) is -0.388. The van der Waals surface area contributed by atoms with Gasteiger partial charge in [-0.15, -0.1) is 0 Å². The molecule has 0 radical (unpaired) electrons. The van der Waals surface area contributed by atoms with E-state index in [4.69, 9.17) is 16.3 Å². The van der Waals surface area contributed by atoms with E-state index in [1.807, 2.05) is 25.1 Å². The largest absolute Gasteiger partial charge is 0.467 e. The molecule has 1 aromatic heterocycles. The third-order valence-corrected chi connectivity index (χ3v) is 3.30. The van der Waals surface area contributed by atoms with E-state index < -0.39 is 6.04 Å². The second-order valence-electron chi connectivity index (χ2n) is 4.42. The van der Waals surface area contributed by atoms with Crippen molar-refractivity contribution in [2.24, 2.45) is 7.05 Å². The molecule has 1 unspecified atom stereocenters. The quantitative estimate of drug-likeness (QED) is 0.881. The minimum absolute atomic E-state index is 0.388. The Kier molecular flexibility index (Phi) is 4.29. The maximum atomic E-state index is 12.0. The molecule has 0 spiro atoms. The molecular weight excluding hydrogens is 278 g/mol. The lowest BCUT2D eigenvalue weighted by molar-refractivity contribution is -0.141. The van der Waals surface area contributed by atoms with Crippen LogP contribution >= 0.6 is 11.6 Å². The van der Waals surface area contributed by atoms with Crippen LogP contribution in [0.15, 0.2) is 30.5 Å². The smallest absolute Gasteiger partial charge is 0.333 e. The van der Waals surface area contributed by atoms with Crippen LogP contribution < -0.4 is 5.32 Å². The zero-order chi connectivity index (χ0) is 14.7. The van der Waals surface area contributed by atoms with Crippen LogP contribution in [0.2, 0.25) is 5.02 Å². The van der Waals surface area contributed by atoms with Gasteiger partial charge in [-0.1, -0.05) is 23.7 Å². The number of para-hydroxylation sites is 1. The molecule has 0 aliphatic carbocycles. The van der Waals surface area contributed by atoms with Crippen LogP contribution in [0.3, 0.4) is 0 Å². The summed E-state index contributed by atoms with van der Waals surface area (Å²) in [4.78, 5) is 12.0. The average Bonchev–Trinajstić information content (AvgIpc) is 2.76. The molecule has 1 N–H and O–H groups in total. The number of rotatable bonds is 4. The van der Waals surface area contributed by atoms with Gasteiger partial charge in [-0.2, -0.15) is 5.10 Å². The maximum Gasteiger partial charge on any atom is 0.333 e. The fraction of sp³-hybridized carbons (Fsp3) is 0.286. The van der Waals surface area contributed by atoms with Gasteiger partial charge in [-0.05, 0) is 19.1 Å². The highest BCUT2D eigenvalue weighted by atomic mass is 35.5. The van der Waals surface area contributed by atoms with E-state index >= 15 is 0 Å². The molecule has 0 bridgehead atoms. The Labute approximate surface area is 122 Å². The minimum atomic E-state index is -0.645. The normalized spacial score (nSPS) is 12.0.